The normalized spacial score (nSPS) is 12.7. The molecule has 2 aromatic rings. The summed E-state index contributed by atoms with van der Waals surface area (Å²) in [6, 6.07) is 15.6. The topological polar surface area (TPSA) is 60.4 Å². The summed E-state index contributed by atoms with van der Waals surface area (Å²) in [5, 5.41) is 1.17. The maximum Gasteiger partial charge on any atom is 0.315 e. The summed E-state index contributed by atoms with van der Waals surface area (Å²) < 4.78 is 30.6. The van der Waals surface area contributed by atoms with Crippen LogP contribution in [-0.4, -0.2) is 21.5 Å². The molecule has 4 nitrogen and oxygen atoms in total. The van der Waals surface area contributed by atoms with E-state index in [4.69, 9.17) is 4.74 Å². The molecule has 0 aromatic heterocycles. The fraction of sp³-hybridized carbons (Fsp3) is 0.250. The Morgan fingerprint density at radius 2 is 1.56 bits per heavy atom. The number of methoxy groups -OCH3 is 1. The molecule has 0 atom stereocenters. The van der Waals surface area contributed by atoms with Crippen molar-refractivity contribution in [2.45, 2.75) is 25.7 Å². The Labute approximate surface area is 149 Å². The van der Waals surface area contributed by atoms with Crippen molar-refractivity contribution in [3.8, 4) is 0 Å². The average Bonchev–Trinajstić information content (AvgIpc) is 2.60. The molecule has 0 spiro atoms. The Morgan fingerprint density at radius 1 is 1.00 bits per heavy atom. The minimum atomic E-state index is -3.72. The summed E-state index contributed by atoms with van der Waals surface area (Å²) in [7, 11) is -2.43. The molecule has 0 bridgehead atoms. The Morgan fingerprint density at radius 3 is 2.08 bits per heavy atom. The van der Waals surface area contributed by atoms with Gasteiger partial charge in [-0.3, -0.25) is 4.79 Å². The molecule has 0 aliphatic carbocycles. The van der Waals surface area contributed by atoms with Crippen molar-refractivity contribution in [2.24, 2.45) is 5.41 Å². The predicted octanol–water partition coefficient (Wildman–Crippen LogP) is 4.01. The molecule has 0 unspecified atom stereocenters. The van der Waals surface area contributed by atoms with Gasteiger partial charge in [0.2, 0.25) is 0 Å². The van der Waals surface area contributed by atoms with Gasteiger partial charge in [-0.1, -0.05) is 48.0 Å². The average molecular weight is 358 g/mol. The summed E-state index contributed by atoms with van der Waals surface area (Å²) in [5.74, 6) is -0.498. The lowest BCUT2D eigenvalue weighted by molar-refractivity contribution is -0.147. The van der Waals surface area contributed by atoms with E-state index in [9.17, 15) is 13.2 Å². The molecule has 2 aromatic carbocycles. The Balaban J connectivity index is 2.65. The van der Waals surface area contributed by atoms with Gasteiger partial charge in [-0.15, -0.1) is 0 Å². The number of rotatable bonds is 5. The quantitative estimate of drug-likeness (QED) is 0.758. The fourth-order valence-corrected chi connectivity index (χ4v) is 3.90. The van der Waals surface area contributed by atoms with Crippen LogP contribution in [0.2, 0.25) is 0 Å². The lowest BCUT2D eigenvalue weighted by atomic mass is 9.81. The minimum absolute atomic E-state index is 0.187. The number of sulfone groups is 1. The van der Waals surface area contributed by atoms with Crippen molar-refractivity contribution >= 4 is 21.4 Å². The van der Waals surface area contributed by atoms with Crippen LogP contribution in [0.3, 0.4) is 0 Å². The van der Waals surface area contributed by atoms with Gasteiger partial charge in [0.1, 0.15) is 0 Å². The molecule has 25 heavy (non-hydrogen) atoms. The first-order valence-corrected chi connectivity index (χ1v) is 9.41. The third-order valence-corrected chi connectivity index (χ3v) is 5.55. The highest BCUT2D eigenvalue weighted by Gasteiger charge is 2.35. The highest BCUT2D eigenvalue weighted by molar-refractivity contribution is 7.94. The summed E-state index contributed by atoms with van der Waals surface area (Å²) in [4.78, 5) is 12.4. The standard InChI is InChI=1S/C20H22O4S/c1-15-10-12-17(13-11-15)25(22,23)14-18(16-8-6-5-7-9-16)20(2,3)19(21)24-4/h5-14H,1-4H3/b18-14+. The second-order valence-electron chi connectivity index (χ2n) is 6.37. The zero-order valence-electron chi connectivity index (χ0n) is 14.8. The van der Waals surface area contributed by atoms with Crippen molar-refractivity contribution in [3.05, 3.63) is 71.1 Å². The van der Waals surface area contributed by atoms with Gasteiger partial charge in [-0.2, -0.15) is 0 Å². The van der Waals surface area contributed by atoms with Crippen molar-refractivity contribution in [1.29, 1.82) is 0 Å². The second-order valence-corrected chi connectivity index (χ2v) is 8.17. The lowest BCUT2D eigenvalue weighted by Gasteiger charge is -2.25. The Bertz CT molecular complexity index is 877. The van der Waals surface area contributed by atoms with Gasteiger partial charge >= 0.3 is 5.97 Å². The maximum absolute atomic E-state index is 12.9. The second kappa shape index (κ2) is 7.23. The van der Waals surface area contributed by atoms with Crippen LogP contribution in [0.5, 0.6) is 0 Å². The first-order chi connectivity index (χ1) is 11.7. The van der Waals surface area contributed by atoms with Crippen LogP contribution in [0.25, 0.3) is 5.57 Å². The number of esters is 1. The summed E-state index contributed by atoms with van der Waals surface area (Å²) in [6.45, 7) is 5.20. The number of benzene rings is 2. The van der Waals surface area contributed by atoms with Crippen LogP contribution in [0.1, 0.15) is 25.0 Å². The third kappa shape index (κ3) is 4.17. The van der Waals surface area contributed by atoms with Crippen LogP contribution in [0.15, 0.2) is 64.9 Å². The lowest BCUT2D eigenvalue weighted by Crippen LogP contribution is -2.27. The molecule has 0 N–H and O–H groups in total. The van der Waals surface area contributed by atoms with Crippen molar-refractivity contribution in [3.63, 3.8) is 0 Å². The molecule has 0 saturated carbocycles. The number of ether oxygens (including phenoxy) is 1. The number of aryl methyl sites for hydroxylation is 1. The van der Waals surface area contributed by atoms with Crippen LogP contribution in [0.4, 0.5) is 0 Å². The number of carbonyl (C=O) groups is 1. The van der Waals surface area contributed by atoms with E-state index in [-0.39, 0.29) is 4.90 Å². The molecule has 0 heterocycles. The molecule has 0 aliphatic heterocycles. The molecule has 5 heteroatoms. The van der Waals surface area contributed by atoms with Gasteiger partial charge in [0.05, 0.1) is 17.4 Å². The Hall–Kier alpha value is -2.40. The highest BCUT2D eigenvalue weighted by atomic mass is 32.2. The van der Waals surface area contributed by atoms with E-state index >= 15 is 0 Å². The van der Waals surface area contributed by atoms with Crippen molar-refractivity contribution < 1.29 is 17.9 Å². The van der Waals surface area contributed by atoms with Crippen LogP contribution < -0.4 is 0 Å². The first-order valence-electron chi connectivity index (χ1n) is 7.86. The smallest absolute Gasteiger partial charge is 0.315 e. The van der Waals surface area contributed by atoms with Crippen LogP contribution >= 0.6 is 0 Å². The van der Waals surface area contributed by atoms with Crippen molar-refractivity contribution in [1.82, 2.24) is 0 Å². The molecule has 0 saturated heterocycles. The van der Waals surface area contributed by atoms with Gasteiger partial charge in [0.15, 0.2) is 9.84 Å². The number of hydrogen-bond acceptors (Lipinski definition) is 4. The maximum atomic E-state index is 12.9. The van der Waals surface area contributed by atoms with Gasteiger partial charge in [-0.25, -0.2) is 8.42 Å². The predicted molar refractivity (Wildman–Crippen MR) is 98.6 cm³/mol. The summed E-state index contributed by atoms with van der Waals surface area (Å²) in [6.07, 6.45) is 0. The molecule has 0 radical (unpaired) electrons. The minimum Gasteiger partial charge on any atom is -0.468 e. The number of carbonyl (C=O) groups excluding carboxylic acids is 1. The highest BCUT2D eigenvalue weighted by Crippen LogP contribution is 2.37. The zero-order valence-corrected chi connectivity index (χ0v) is 15.6. The zero-order chi connectivity index (χ0) is 18.7. The number of hydrogen-bond donors (Lipinski definition) is 0. The molecule has 0 fully saturated rings. The van der Waals surface area contributed by atoms with E-state index in [1.54, 1.807) is 62.4 Å². The van der Waals surface area contributed by atoms with E-state index in [0.29, 0.717) is 11.1 Å². The first kappa shape index (κ1) is 18.9. The molecular weight excluding hydrogens is 336 g/mol. The summed E-state index contributed by atoms with van der Waals surface area (Å²) in [5.41, 5.74) is 0.906. The Kier molecular flexibility index (Phi) is 5.48. The van der Waals surface area contributed by atoms with Crippen LogP contribution in [0, 0.1) is 12.3 Å². The largest absolute Gasteiger partial charge is 0.468 e. The van der Waals surface area contributed by atoms with Gasteiger partial charge in [-0.05, 0) is 44.0 Å². The monoisotopic (exact) mass is 358 g/mol. The van der Waals surface area contributed by atoms with Crippen LogP contribution in [-0.2, 0) is 19.4 Å². The molecule has 132 valence electrons. The van der Waals surface area contributed by atoms with Gasteiger partial charge in [0, 0.05) is 5.41 Å². The van der Waals surface area contributed by atoms with E-state index in [1.807, 2.05) is 13.0 Å². The van der Waals surface area contributed by atoms with Gasteiger partial charge in [0.25, 0.3) is 0 Å². The van der Waals surface area contributed by atoms with E-state index in [0.717, 1.165) is 5.56 Å². The molecule has 0 aliphatic rings. The van der Waals surface area contributed by atoms with Crippen molar-refractivity contribution in [2.75, 3.05) is 7.11 Å². The molecular formula is C20H22O4S. The SMILES string of the molecule is COC(=O)C(C)(C)/C(=C/S(=O)(=O)c1ccc(C)cc1)c1ccccc1. The fourth-order valence-electron chi connectivity index (χ4n) is 2.51. The van der Waals surface area contributed by atoms with E-state index < -0.39 is 21.2 Å². The van der Waals surface area contributed by atoms with E-state index in [2.05, 4.69) is 0 Å². The third-order valence-electron chi connectivity index (χ3n) is 4.08. The van der Waals surface area contributed by atoms with E-state index in [1.165, 1.54) is 12.5 Å². The summed E-state index contributed by atoms with van der Waals surface area (Å²) >= 11 is 0. The van der Waals surface area contributed by atoms with Gasteiger partial charge < -0.3 is 4.74 Å². The molecule has 0 amide bonds. The molecule has 2 rings (SSSR count).